The summed E-state index contributed by atoms with van der Waals surface area (Å²) in [5.74, 6) is 1.37. The first kappa shape index (κ1) is 11.8. The van der Waals surface area contributed by atoms with Crippen LogP contribution in [0.4, 0.5) is 0 Å². The van der Waals surface area contributed by atoms with Crippen LogP contribution < -0.4 is 0 Å². The number of hydrogen-bond acceptors (Lipinski definition) is 2. The van der Waals surface area contributed by atoms with E-state index in [1.54, 1.807) is 5.57 Å². The summed E-state index contributed by atoms with van der Waals surface area (Å²) in [6.07, 6.45) is 4.57. The van der Waals surface area contributed by atoms with Crippen molar-refractivity contribution in [1.29, 1.82) is 0 Å². The average Bonchev–Trinajstić information content (AvgIpc) is 2.27. The fraction of sp³-hybridized carbons (Fsp3) is 0.786. The van der Waals surface area contributed by atoms with Crippen LogP contribution in [0.3, 0.4) is 0 Å². The molecule has 0 saturated carbocycles. The van der Waals surface area contributed by atoms with Crippen LogP contribution in [0.15, 0.2) is 16.3 Å². The van der Waals surface area contributed by atoms with Crippen LogP contribution in [0.5, 0.6) is 0 Å². The molecule has 2 heteroatoms. The van der Waals surface area contributed by atoms with Gasteiger partial charge in [0, 0.05) is 43.4 Å². The molecule has 0 aliphatic carbocycles. The summed E-state index contributed by atoms with van der Waals surface area (Å²) in [5, 5.41) is 0. The second-order valence-corrected chi connectivity index (χ2v) is 5.75. The molecule has 0 bridgehead atoms. The Hall–Kier alpha value is -0.630. The Balaban J connectivity index is 2.08. The maximum Gasteiger partial charge on any atom is 0.0417 e. The van der Waals surface area contributed by atoms with Crippen LogP contribution in [-0.4, -0.2) is 30.2 Å². The standard InChI is InChI=1S/C14H24N2/c1-10(2)12-7-13-9-16(11(3)4)6-5-14(13)15-8-12/h8,10-12H,5-7,9H2,1-4H3. The van der Waals surface area contributed by atoms with E-state index in [1.807, 2.05) is 0 Å². The van der Waals surface area contributed by atoms with Crippen molar-refractivity contribution in [3.05, 3.63) is 11.3 Å². The molecule has 0 N–H and O–H groups in total. The van der Waals surface area contributed by atoms with Gasteiger partial charge in [0.05, 0.1) is 0 Å². The highest BCUT2D eigenvalue weighted by atomic mass is 15.2. The molecular formula is C14H24N2. The van der Waals surface area contributed by atoms with Gasteiger partial charge in [0.1, 0.15) is 0 Å². The number of nitrogens with zero attached hydrogens (tertiary/aromatic N) is 2. The van der Waals surface area contributed by atoms with Crippen molar-refractivity contribution in [2.24, 2.45) is 16.8 Å². The quantitative estimate of drug-likeness (QED) is 0.698. The molecule has 2 nitrogen and oxygen atoms in total. The minimum Gasteiger partial charge on any atom is -0.297 e. The maximum absolute atomic E-state index is 4.68. The Morgan fingerprint density at radius 2 is 2.06 bits per heavy atom. The van der Waals surface area contributed by atoms with Crippen LogP contribution in [-0.2, 0) is 0 Å². The molecule has 16 heavy (non-hydrogen) atoms. The van der Waals surface area contributed by atoms with E-state index in [0.717, 1.165) is 13.0 Å². The summed E-state index contributed by atoms with van der Waals surface area (Å²) in [7, 11) is 0. The van der Waals surface area contributed by atoms with Gasteiger partial charge in [0.25, 0.3) is 0 Å². The smallest absolute Gasteiger partial charge is 0.0417 e. The van der Waals surface area contributed by atoms with Crippen molar-refractivity contribution in [3.63, 3.8) is 0 Å². The average molecular weight is 220 g/mol. The molecule has 90 valence electrons. The highest BCUT2D eigenvalue weighted by molar-refractivity contribution is 5.65. The van der Waals surface area contributed by atoms with Gasteiger partial charge >= 0.3 is 0 Å². The second kappa shape index (κ2) is 4.70. The SMILES string of the molecule is CC(C)C1C=NC2=C(C1)CN(C(C)C)CC2. The van der Waals surface area contributed by atoms with Crippen molar-refractivity contribution < 1.29 is 0 Å². The molecule has 0 radical (unpaired) electrons. The highest BCUT2D eigenvalue weighted by Gasteiger charge is 2.26. The van der Waals surface area contributed by atoms with E-state index in [9.17, 15) is 0 Å². The Morgan fingerprint density at radius 1 is 1.31 bits per heavy atom. The molecule has 2 aliphatic rings. The summed E-state index contributed by atoms with van der Waals surface area (Å²) >= 11 is 0. The molecule has 1 atom stereocenters. The van der Waals surface area contributed by atoms with E-state index in [0.29, 0.717) is 17.9 Å². The molecule has 0 saturated heterocycles. The van der Waals surface area contributed by atoms with E-state index in [-0.39, 0.29) is 0 Å². The normalized spacial score (nSPS) is 26.8. The van der Waals surface area contributed by atoms with Crippen LogP contribution in [0.2, 0.25) is 0 Å². The van der Waals surface area contributed by atoms with Crippen LogP contribution in [0.25, 0.3) is 0 Å². The molecule has 2 heterocycles. The van der Waals surface area contributed by atoms with E-state index in [2.05, 4.69) is 43.8 Å². The van der Waals surface area contributed by atoms with E-state index < -0.39 is 0 Å². The lowest BCUT2D eigenvalue weighted by Gasteiger charge is -2.35. The lowest BCUT2D eigenvalue weighted by atomic mass is 9.85. The van der Waals surface area contributed by atoms with E-state index in [4.69, 9.17) is 0 Å². The second-order valence-electron chi connectivity index (χ2n) is 5.75. The third kappa shape index (κ3) is 2.37. The first-order chi connectivity index (χ1) is 7.58. The van der Waals surface area contributed by atoms with Gasteiger partial charge < -0.3 is 0 Å². The fourth-order valence-electron chi connectivity index (χ4n) is 2.55. The monoisotopic (exact) mass is 220 g/mol. The molecule has 2 aliphatic heterocycles. The number of rotatable bonds is 2. The van der Waals surface area contributed by atoms with Gasteiger partial charge in [0.15, 0.2) is 0 Å². The molecular weight excluding hydrogens is 196 g/mol. The predicted molar refractivity (Wildman–Crippen MR) is 69.8 cm³/mol. The summed E-state index contributed by atoms with van der Waals surface area (Å²) in [6.45, 7) is 11.5. The van der Waals surface area contributed by atoms with E-state index >= 15 is 0 Å². The summed E-state index contributed by atoms with van der Waals surface area (Å²) in [4.78, 5) is 7.24. The first-order valence-corrected chi connectivity index (χ1v) is 6.57. The lowest BCUT2D eigenvalue weighted by Crippen LogP contribution is -2.38. The van der Waals surface area contributed by atoms with Crippen molar-refractivity contribution in [1.82, 2.24) is 4.90 Å². The van der Waals surface area contributed by atoms with Crippen molar-refractivity contribution in [2.45, 2.75) is 46.6 Å². The zero-order chi connectivity index (χ0) is 11.7. The predicted octanol–water partition coefficient (Wildman–Crippen LogP) is 3.10. The molecule has 0 aromatic heterocycles. The van der Waals surface area contributed by atoms with Gasteiger partial charge in [-0.25, -0.2) is 0 Å². The molecule has 1 unspecified atom stereocenters. The molecule has 0 spiro atoms. The largest absolute Gasteiger partial charge is 0.297 e. The van der Waals surface area contributed by atoms with Crippen molar-refractivity contribution in [2.75, 3.05) is 13.1 Å². The van der Waals surface area contributed by atoms with Gasteiger partial charge in [-0.05, 0) is 31.8 Å². The minimum absolute atomic E-state index is 0.658. The van der Waals surface area contributed by atoms with Crippen LogP contribution in [0.1, 0.15) is 40.5 Å². The van der Waals surface area contributed by atoms with E-state index in [1.165, 1.54) is 18.7 Å². The third-order valence-corrected chi connectivity index (χ3v) is 3.93. The highest BCUT2D eigenvalue weighted by Crippen LogP contribution is 2.31. The Labute approximate surface area is 99.4 Å². The molecule has 0 aromatic carbocycles. The molecule has 2 rings (SSSR count). The Bertz CT molecular complexity index is 313. The van der Waals surface area contributed by atoms with Crippen molar-refractivity contribution in [3.8, 4) is 0 Å². The molecule has 0 aromatic rings. The zero-order valence-corrected chi connectivity index (χ0v) is 11.0. The van der Waals surface area contributed by atoms with Crippen molar-refractivity contribution >= 4 is 6.21 Å². The zero-order valence-electron chi connectivity index (χ0n) is 11.0. The van der Waals surface area contributed by atoms with Gasteiger partial charge in [0.2, 0.25) is 0 Å². The third-order valence-electron chi connectivity index (χ3n) is 3.93. The lowest BCUT2D eigenvalue weighted by molar-refractivity contribution is 0.225. The number of hydrogen-bond donors (Lipinski definition) is 0. The Morgan fingerprint density at radius 3 is 2.69 bits per heavy atom. The maximum atomic E-state index is 4.68. The molecule has 0 fully saturated rings. The summed E-state index contributed by atoms with van der Waals surface area (Å²) in [5.41, 5.74) is 2.98. The summed E-state index contributed by atoms with van der Waals surface area (Å²) in [6, 6.07) is 0.664. The molecule has 0 amide bonds. The van der Waals surface area contributed by atoms with Crippen LogP contribution in [0, 0.1) is 11.8 Å². The topological polar surface area (TPSA) is 15.6 Å². The van der Waals surface area contributed by atoms with Gasteiger partial charge in [-0.2, -0.15) is 0 Å². The first-order valence-electron chi connectivity index (χ1n) is 6.57. The number of aliphatic imine (C=N–C) groups is 1. The Kier molecular flexibility index (Phi) is 3.48. The fourth-order valence-corrected chi connectivity index (χ4v) is 2.55. The van der Waals surface area contributed by atoms with Gasteiger partial charge in [-0.3, -0.25) is 9.89 Å². The summed E-state index contributed by atoms with van der Waals surface area (Å²) < 4.78 is 0. The van der Waals surface area contributed by atoms with Gasteiger partial charge in [-0.1, -0.05) is 13.8 Å². The minimum atomic E-state index is 0.658. The van der Waals surface area contributed by atoms with Gasteiger partial charge in [-0.15, -0.1) is 0 Å². The van der Waals surface area contributed by atoms with Crippen LogP contribution >= 0.6 is 0 Å².